The Balaban J connectivity index is 2.96. The second kappa shape index (κ2) is 2.68. The van der Waals surface area contributed by atoms with E-state index in [1.165, 1.54) is 0 Å². The van der Waals surface area contributed by atoms with Crippen molar-refractivity contribution in [1.82, 2.24) is 4.98 Å². The largest absolute Gasteiger partial charge is 0.280 e. The molecule has 0 unspecified atom stereocenters. The van der Waals surface area contributed by atoms with Crippen LogP contribution in [0.5, 0.6) is 0 Å². The average molecular weight is 146 g/mol. The minimum atomic E-state index is -2.73. The summed E-state index contributed by atoms with van der Waals surface area (Å²) in [7, 11) is 0. The molecule has 0 aliphatic heterocycles. The maximum atomic E-state index is 12.1. The van der Waals surface area contributed by atoms with Crippen molar-refractivity contribution >= 4 is 0 Å². The zero-order valence-electron chi connectivity index (χ0n) is 4.81. The molecule has 1 nitrogen and oxygen atoms in total. The van der Waals surface area contributed by atoms with Crippen LogP contribution in [0.2, 0.25) is 0 Å². The molecule has 1 radical (unpaired) electrons. The number of hydrogen-bond donors (Lipinski definition) is 0. The zero-order valence-corrected chi connectivity index (χ0v) is 4.81. The number of aromatic nitrogens is 1. The molecule has 1 aromatic heterocycles. The number of pyridine rings is 1. The molecular weight excluding hydrogens is 143 g/mol. The summed E-state index contributed by atoms with van der Waals surface area (Å²) < 4.78 is 35.5. The smallest absolute Gasteiger partial charge is 0.245 e. The Labute approximate surface area is 55.5 Å². The Morgan fingerprint density at radius 2 is 2.20 bits per heavy atom. The molecule has 0 fully saturated rings. The van der Waals surface area contributed by atoms with Crippen molar-refractivity contribution in [2.45, 2.75) is 6.43 Å². The summed E-state index contributed by atoms with van der Waals surface area (Å²) in [5, 5.41) is 0. The van der Waals surface area contributed by atoms with Gasteiger partial charge in [-0.25, -0.2) is 18.2 Å². The third-order valence-corrected chi connectivity index (χ3v) is 0.905. The van der Waals surface area contributed by atoms with Crippen LogP contribution in [-0.4, -0.2) is 4.98 Å². The van der Waals surface area contributed by atoms with E-state index in [1.807, 2.05) is 6.20 Å². The predicted molar refractivity (Wildman–Crippen MR) is 28.0 cm³/mol. The van der Waals surface area contributed by atoms with E-state index in [0.717, 1.165) is 6.07 Å². The molecule has 1 heterocycles. The van der Waals surface area contributed by atoms with Gasteiger partial charge in [0.1, 0.15) is 11.5 Å². The summed E-state index contributed by atoms with van der Waals surface area (Å²) in [5.41, 5.74) is -0.583. The molecule has 0 N–H and O–H groups in total. The second-order valence-electron chi connectivity index (χ2n) is 1.64. The van der Waals surface area contributed by atoms with Gasteiger partial charge in [-0.2, -0.15) is 0 Å². The van der Waals surface area contributed by atoms with E-state index in [0.29, 0.717) is 6.07 Å². The summed E-state index contributed by atoms with van der Waals surface area (Å²) in [4.78, 5) is 3.12. The van der Waals surface area contributed by atoms with Crippen LogP contribution in [0.25, 0.3) is 0 Å². The highest BCUT2D eigenvalue weighted by Gasteiger charge is 2.08. The Morgan fingerprint density at radius 1 is 1.50 bits per heavy atom. The van der Waals surface area contributed by atoms with E-state index < -0.39 is 17.9 Å². The maximum Gasteiger partial charge on any atom is 0.280 e. The molecule has 0 aliphatic rings. The summed E-state index contributed by atoms with van der Waals surface area (Å²) in [5.74, 6) is -0.745. The fourth-order valence-corrected chi connectivity index (χ4v) is 0.495. The van der Waals surface area contributed by atoms with Crippen molar-refractivity contribution in [2.24, 2.45) is 0 Å². The molecule has 0 amide bonds. The number of rotatable bonds is 1. The summed E-state index contributed by atoms with van der Waals surface area (Å²) in [6, 6.07) is 1.58. The van der Waals surface area contributed by atoms with Crippen LogP contribution in [0.15, 0.2) is 12.1 Å². The lowest BCUT2D eigenvalue weighted by molar-refractivity contribution is 0.145. The first-order valence-electron chi connectivity index (χ1n) is 2.52. The van der Waals surface area contributed by atoms with Gasteiger partial charge in [-0.1, -0.05) is 0 Å². The molecule has 0 atom stereocenters. The normalized spacial score (nSPS) is 10.4. The Kier molecular flexibility index (Phi) is 1.89. The lowest BCUT2D eigenvalue weighted by Crippen LogP contribution is -1.89. The number of nitrogens with zero attached hydrogens (tertiary/aromatic N) is 1. The third-order valence-electron chi connectivity index (χ3n) is 0.905. The first-order valence-corrected chi connectivity index (χ1v) is 2.52. The SMILES string of the molecule is Fc1c[c]nc(C(F)F)c1. The monoisotopic (exact) mass is 146 g/mol. The van der Waals surface area contributed by atoms with Gasteiger partial charge in [0.15, 0.2) is 0 Å². The first kappa shape index (κ1) is 7.05. The first-order chi connectivity index (χ1) is 4.70. The zero-order chi connectivity index (χ0) is 7.56. The summed E-state index contributed by atoms with van der Waals surface area (Å²) in [6.45, 7) is 0. The van der Waals surface area contributed by atoms with Crippen LogP contribution in [0.3, 0.4) is 0 Å². The van der Waals surface area contributed by atoms with Crippen LogP contribution in [0.1, 0.15) is 12.1 Å². The molecule has 1 aromatic rings. The van der Waals surface area contributed by atoms with Crippen molar-refractivity contribution in [3.05, 3.63) is 29.8 Å². The van der Waals surface area contributed by atoms with E-state index in [4.69, 9.17) is 0 Å². The van der Waals surface area contributed by atoms with E-state index in [9.17, 15) is 13.2 Å². The molecule has 0 aromatic carbocycles. The van der Waals surface area contributed by atoms with Gasteiger partial charge in [-0.3, -0.25) is 0 Å². The van der Waals surface area contributed by atoms with Gasteiger partial charge in [0, 0.05) is 12.1 Å². The summed E-state index contributed by atoms with van der Waals surface area (Å²) >= 11 is 0. The molecule has 0 aliphatic carbocycles. The second-order valence-corrected chi connectivity index (χ2v) is 1.64. The number of halogens is 3. The topological polar surface area (TPSA) is 12.9 Å². The van der Waals surface area contributed by atoms with E-state index >= 15 is 0 Å². The fourth-order valence-electron chi connectivity index (χ4n) is 0.495. The predicted octanol–water partition coefficient (Wildman–Crippen LogP) is 1.96. The number of hydrogen-bond acceptors (Lipinski definition) is 1. The highest BCUT2D eigenvalue weighted by atomic mass is 19.3. The molecule has 1 rings (SSSR count). The van der Waals surface area contributed by atoms with E-state index in [1.54, 1.807) is 0 Å². The molecule has 4 heteroatoms. The van der Waals surface area contributed by atoms with Crippen molar-refractivity contribution in [3.63, 3.8) is 0 Å². The van der Waals surface area contributed by atoms with Crippen LogP contribution in [0, 0.1) is 12.0 Å². The highest BCUT2D eigenvalue weighted by molar-refractivity contribution is 5.05. The van der Waals surface area contributed by atoms with Gasteiger partial charge >= 0.3 is 0 Å². The minimum Gasteiger partial charge on any atom is -0.245 e. The molecular formula is C6H3F3N. The van der Waals surface area contributed by atoms with Gasteiger partial charge in [-0.15, -0.1) is 0 Å². The van der Waals surface area contributed by atoms with Crippen LogP contribution in [-0.2, 0) is 0 Å². The molecule has 0 saturated heterocycles. The molecule has 0 bridgehead atoms. The Morgan fingerprint density at radius 3 is 2.60 bits per heavy atom. The van der Waals surface area contributed by atoms with Gasteiger partial charge in [-0.05, 0) is 0 Å². The van der Waals surface area contributed by atoms with Crippen LogP contribution >= 0.6 is 0 Å². The minimum absolute atomic E-state index is 0.583. The molecule has 0 saturated carbocycles. The van der Waals surface area contributed by atoms with Gasteiger partial charge in [0.05, 0.1) is 6.20 Å². The maximum absolute atomic E-state index is 12.1. The highest BCUT2D eigenvalue weighted by Crippen LogP contribution is 2.15. The Hall–Kier alpha value is -1.06. The average Bonchev–Trinajstić information content (AvgIpc) is 1.88. The van der Waals surface area contributed by atoms with Crippen molar-refractivity contribution in [2.75, 3.05) is 0 Å². The molecule has 53 valence electrons. The molecule has 10 heavy (non-hydrogen) atoms. The van der Waals surface area contributed by atoms with E-state index in [2.05, 4.69) is 4.98 Å². The van der Waals surface area contributed by atoms with E-state index in [-0.39, 0.29) is 0 Å². The standard InChI is InChI=1S/C6H3F3N/c7-4-1-2-10-5(3-4)6(8)9/h1,3,6H. The quantitative estimate of drug-likeness (QED) is 0.590. The van der Waals surface area contributed by atoms with Crippen molar-refractivity contribution in [3.8, 4) is 0 Å². The third kappa shape index (κ3) is 1.46. The fraction of sp³-hybridized carbons (Fsp3) is 0.167. The van der Waals surface area contributed by atoms with Crippen molar-refractivity contribution in [1.29, 1.82) is 0 Å². The van der Waals surface area contributed by atoms with Crippen LogP contribution in [0.4, 0.5) is 13.2 Å². The Bertz CT molecular complexity index is 224. The summed E-state index contributed by atoms with van der Waals surface area (Å²) in [6.07, 6.45) is -0.724. The van der Waals surface area contributed by atoms with Gasteiger partial charge < -0.3 is 0 Å². The van der Waals surface area contributed by atoms with Gasteiger partial charge in [0.25, 0.3) is 6.43 Å². The lowest BCUT2D eigenvalue weighted by Gasteiger charge is -1.94. The lowest BCUT2D eigenvalue weighted by atomic mass is 10.3. The van der Waals surface area contributed by atoms with Crippen LogP contribution < -0.4 is 0 Å². The van der Waals surface area contributed by atoms with Gasteiger partial charge in [0.2, 0.25) is 0 Å². The number of alkyl halides is 2. The molecule has 0 spiro atoms. The van der Waals surface area contributed by atoms with Crippen molar-refractivity contribution < 1.29 is 13.2 Å².